The summed E-state index contributed by atoms with van der Waals surface area (Å²) in [5, 5.41) is 5.58. The van der Waals surface area contributed by atoms with Crippen LogP contribution in [0.3, 0.4) is 0 Å². The molecule has 1 heterocycles. The maximum atomic E-state index is 12.3. The van der Waals surface area contributed by atoms with Gasteiger partial charge in [0.2, 0.25) is 11.8 Å². The minimum absolute atomic E-state index is 0.126. The fourth-order valence-corrected chi connectivity index (χ4v) is 2.99. The quantitative estimate of drug-likeness (QED) is 0.820. The molecule has 7 nitrogen and oxygen atoms in total. The van der Waals surface area contributed by atoms with Gasteiger partial charge in [-0.3, -0.25) is 19.3 Å². The van der Waals surface area contributed by atoms with E-state index in [0.717, 1.165) is 0 Å². The van der Waals surface area contributed by atoms with Crippen molar-refractivity contribution < 1.29 is 14.4 Å². The molecule has 27 heavy (non-hydrogen) atoms. The normalized spacial score (nSPS) is 15.3. The van der Waals surface area contributed by atoms with Crippen molar-refractivity contribution in [3.05, 3.63) is 29.8 Å². The lowest BCUT2D eigenvalue weighted by molar-refractivity contribution is -0.141. The highest BCUT2D eigenvalue weighted by Gasteiger charge is 2.30. The number of amides is 3. The maximum absolute atomic E-state index is 12.3. The largest absolute Gasteiger partial charge is 0.352 e. The summed E-state index contributed by atoms with van der Waals surface area (Å²) in [6, 6.07) is 6.90. The second kappa shape index (κ2) is 8.99. The van der Waals surface area contributed by atoms with Gasteiger partial charge >= 0.3 is 0 Å². The number of benzene rings is 1. The number of hydrogen-bond donors (Lipinski definition) is 2. The number of carbonyl (C=O) groups is 3. The molecule has 0 atom stereocenters. The predicted molar refractivity (Wildman–Crippen MR) is 106 cm³/mol. The van der Waals surface area contributed by atoms with Gasteiger partial charge < -0.3 is 15.5 Å². The Morgan fingerprint density at radius 1 is 1.07 bits per heavy atom. The van der Waals surface area contributed by atoms with Crippen LogP contribution in [0.15, 0.2) is 24.3 Å². The molecule has 3 amide bonds. The van der Waals surface area contributed by atoms with Crippen molar-refractivity contribution in [1.82, 2.24) is 15.1 Å². The van der Waals surface area contributed by atoms with Crippen LogP contribution in [-0.2, 0) is 9.59 Å². The van der Waals surface area contributed by atoms with Crippen molar-refractivity contribution in [1.29, 1.82) is 0 Å². The molecule has 0 radical (unpaired) electrons. The molecule has 0 aliphatic carbocycles. The summed E-state index contributed by atoms with van der Waals surface area (Å²) in [5.74, 6) is -0.138. The average molecular weight is 374 g/mol. The van der Waals surface area contributed by atoms with Crippen molar-refractivity contribution in [3.63, 3.8) is 0 Å². The van der Waals surface area contributed by atoms with Gasteiger partial charge in [-0.25, -0.2) is 0 Å². The summed E-state index contributed by atoms with van der Waals surface area (Å²) in [7, 11) is 0. The highest BCUT2D eigenvalue weighted by Crippen LogP contribution is 2.18. The monoisotopic (exact) mass is 374 g/mol. The van der Waals surface area contributed by atoms with E-state index in [1.165, 1.54) is 0 Å². The molecule has 148 valence electrons. The van der Waals surface area contributed by atoms with Crippen LogP contribution >= 0.6 is 0 Å². The van der Waals surface area contributed by atoms with Crippen LogP contribution < -0.4 is 10.6 Å². The molecule has 2 N–H and O–H groups in total. The number of rotatable bonds is 5. The molecular formula is C20H30N4O3. The summed E-state index contributed by atoms with van der Waals surface area (Å²) in [6.07, 6.45) is 0. The topological polar surface area (TPSA) is 81.8 Å². The first-order chi connectivity index (χ1) is 12.7. The van der Waals surface area contributed by atoms with Crippen molar-refractivity contribution in [2.45, 2.75) is 27.7 Å². The van der Waals surface area contributed by atoms with Crippen LogP contribution in [-0.4, -0.2) is 66.8 Å². The standard InChI is InChI=1S/C20H30N4O3/c1-5-21-18(26)15-7-6-8-16(13-15)22-17(25)14-23-9-11-24(12-10-23)19(27)20(2,3)4/h6-8,13H,5,9-12,14H2,1-4H3,(H,21,26)(H,22,25). The lowest BCUT2D eigenvalue weighted by atomic mass is 9.94. The van der Waals surface area contributed by atoms with Crippen LogP contribution in [0.5, 0.6) is 0 Å². The van der Waals surface area contributed by atoms with Gasteiger partial charge in [-0.2, -0.15) is 0 Å². The molecular weight excluding hydrogens is 344 g/mol. The Balaban J connectivity index is 1.84. The molecule has 1 aromatic rings. The molecule has 1 saturated heterocycles. The van der Waals surface area contributed by atoms with Gasteiger partial charge in [0, 0.05) is 49.4 Å². The first kappa shape index (κ1) is 20.9. The number of nitrogens with one attached hydrogen (secondary N) is 2. The lowest BCUT2D eigenvalue weighted by Crippen LogP contribution is -2.52. The Bertz CT molecular complexity index is 689. The third kappa shape index (κ3) is 6.06. The molecule has 1 aromatic carbocycles. The van der Waals surface area contributed by atoms with Gasteiger partial charge in [0.25, 0.3) is 5.91 Å². The summed E-state index contributed by atoms with van der Waals surface area (Å²) >= 11 is 0. The third-order valence-corrected chi connectivity index (χ3v) is 4.41. The van der Waals surface area contributed by atoms with Gasteiger partial charge in [-0.15, -0.1) is 0 Å². The average Bonchev–Trinajstić information content (AvgIpc) is 2.61. The minimum atomic E-state index is -0.380. The molecule has 0 saturated carbocycles. The fraction of sp³-hybridized carbons (Fsp3) is 0.550. The van der Waals surface area contributed by atoms with Gasteiger partial charge in [0.15, 0.2) is 0 Å². The number of hydrogen-bond acceptors (Lipinski definition) is 4. The molecule has 0 spiro atoms. The molecule has 0 unspecified atom stereocenters. The first-order valence-corrected chi connectivity index (χ1v) is 9.40. The molecule has 7 heteroatoms. The predicted octanol–water partition coefficient (Wildman–Crippen LogP) is 1.57. The van der Waals surface area contributed by atoms with Gasteiger partial charge in [-0.1, -0.05) is 26.8 Å². The molecule has 1 fully saturated rings. The number of piperazine rings is 1. The zero-order valence-corrected chi connectivity index (χ0v) is 16.7. The molecule has 0 aromatic heterocycles. The van der Waals surface area contributed by atoms with E-state index in [9.17, 15) is 14.4 Å². The van der Waals surface area contributed by atoms with Crippen LogP contribution in [0.1, 0.15) is 38.1 Å². The maximum Gasteiger partial charge on any atom is 0.251 e. The minimum Gasteiger partial charge on any atom is -0.352 e. The Morgan fingerprint density at radius 3 is 2.33 bits per heavy atom. The van der Waals surface area contributed by atoms with Crippen LogP contribution in [0.25, 0.3) is 0 Å². The van der Waals surface area contributed by atoms with Gasteiger partial charge in [0.05, 0.1) is 6.54 Å². The van der Waals surface area contributed by atoms with E-state index in [2.05, 4.69) is 10.6 Å². The Labute approximate surface area is 161 Å². The Morgan fingerprint density at radius 2 is 1.74 bits per heavy atom. The molecule has 1 aliphatic rings. The zero-order chi connectivity index (χ0) is 20.0. The molecule has 1 aliphatic heterocycles. The second-order valence-corrected chi connectivity index (χ2v) is 7.81. The SMILES string of the molecule is CCNC(=O)c1cccc(NC(=O)CN2CCN(C(=O)C(C)(C)C)CC2)c1. The van der Waals surface area contributed by atoms with Gasteiger partial charge in [0.1, 0.15) is 0 Å². The summed E-state index contributed by atoms with van der Waals surface area (Å²) in [4.78, 5) is 40.4. The third-order valence-electron chi connectivity index (χ3n) is 4.41. The van der Waals surface area contributed by atoms with Crippen molar-refractivity contribution >= 4 is 23.4 Å². The molecule has 2 rings (SSSR count). The van der Waals surface area contributed by atoms with Crippen molar-refractivity contribution in [3.8, 4) is 0 Å². The van der Waals surface area contributed by atoms with E-state index >= 15 is 0 Å². The van der Waals surface area contributed by atoms with E-state index in [1.54, 1.807) is 24.3 Å². The van der Waals surface area contributed by atoms with Crippen molar-refractivity contribution in [2.75, 3.05) is 44.6 Å². The first-order valence-electron chi connectivity index (χ1n) is 9.40. The smallest absolute Gasteiger partial charge is 0.251 e. The zero-order valence-electron chi connectivity index (χ0n) is 16.7. The van der Waals surface area contributed by atoms with E-state index in [4.69, 9.17) is 0 Å². The highest BCUT2D eigenvalue weighted by molar-refractivity contribution is 5.97. The Hall–Kier alpha value is -2.41. The van der Waals surface area contributed by atoms with E-state index in [-0.39, 0.29) is 29.7 Å². The highest BCUT2D eigenvalue weighted by atomic mass is 16.2. The number of anilines is 1. The van der Waals surface area contributed by atoms with E-state index < -0.39 is 0 Å². The fourth-order valence-electron chi connectivity index (χ4n) is 2.99. The second-order valence-electron chi connectivity index (χ2n) is 7.81. The van der Waals surface area contributed by atoms with Crippen LogP contribution in [0.4, 0.5) is 5.69 Å². The summed E-state index contributed by atoms with van der Waals surface area (Å²) < 4.78 is 0. The number of nitrogens with zero attached hydrogens (tertiary/aromatic N) is 2. The Kier molecular flexibility index (Phi) is 6.96. The lowest BCUT2D eigenvalue weighted by Gasteiger charge is -2.37. The van der Waals surface area contributed by atoms with Crippen LogP contribution in [0.2, 0.25) is 0 Å². The van der Waals surface area contributed by atoms with E-state index in [0.29, 0.717) is 44.0 Å². The number of carbonyl (C=O) groups excluding carboxylic acids is 3. The summed E-state index contributed by atoms with van der Waals surface area (Å²) in [6.45, 7) is 11.1. The van der Waals surface area contributed by atoms with E-state index in [1.807, 2.05) is 37.5 Å². The molecule has 0 bridgehead atoms. The van der Waals surface area contributed by atoms with Crippen molar-refractivity contribution in [2.24, 2.45) is 5.41 Å². The summed E-state index contributed by atoms with van der Waals surface area (Å²) in [5.41, 5.74) is 0.739. The van der Waals surface area contributed by atoms with Gasteiger partial charge in [-0.05, 0) is 25.1 Å². The van der Waals surface area contributed by atoms with Crippen LogP contribution in [0, 0.1) is 5.41 Å².